The Morgan fingerprint density at radius 3 is 2.71 bits per heavy atom. The van der Waals surface area contributed by atoms with Gasteiger partial charge in [0.15, 0.2) is 5.58 Å². The summed E-state index contributed by atoms with van der Waals surface area (Å²) in [5, 5.41) is 0. The molecule has 0 aliphatic carbocycles. The van der Waals surface area contributed by atoms with Gasteiger partial charge in [-0.15, -0.1) is 0 Å². The number of rotatable bonds is 5. The lowest BCUT2D eigenvalue weighted by Crippen LogP contribution is -2.30. The molecule has 0 spiro atoms. The molecule has 0 bridgehead atoms. The Kier molecular flexibility index (Phi) is 5.24. The zero-order valence-corrected chi connectivity index (χ0v) is 17.1. The zero-order chi connectivity index (χ0) is 21.2. The van der Waals surface area contributed by atoms with Crippen molar-refractivity contribution < 1.29 is 13.6 Å². The first-order valence-corrected chi connectivity index (χ1v) is 10.7. The second kappa shape index (κ2) is 8.34. The molecular formula is C26H23FN2O2. The molecule has 0 N–H and O–H groups in total. The van der Waals surface area contributed by atoms with E-state index in [1.165, 1.54) is 17.7 Å². The second-order valence-corrected chi connectivity index (χ2v) is 7.98. The lowest BCUT2D eigenvalue weighted by Gasteiger charge is -2.22. The van der Waals surface area contributed by atoms with Gasteiger partial charge in [-0.1, -0.05) is 48.5 Å². The Balaban J connectivity index is 1.36. The fourth-order valence-electron chi connectivity index (χ4n) is 4.30. The fourth-order valence-corrected chi connectivity index (χ4v) is 4.30. The van der Waals surface area contributed by atoms with Crippen molar-refractivity contribution in [2.75, 3.05) is 6.54 Å². The minimum atomic E-state index is -0.269. The summed E-state index contributed by atoms with van der Waals surface area (Å²) in [5.41, 5.74) is 4.25. The van der Waals surface area contributed by atoms with Crippen molar-refractivity contribution in [2.45, 2.75) is 31.7 Å². The van der Waals surface area contributed by atoms with Gasteiger partial charge in [0.1, 0.15) is 17.4 Å². The monoisotopic (exact) mass is 414 g/mol. The van der Waals surface area contributed by atoms with E-state index < -0.39 is 0 Å². The summed E-state index contributed by atoms with van der Waals surface area (Å²) >= 11 is 0. The Labute approximate surface area is 180 Å². The maximum absolute atomic E-state index is 13.6. The molecule has 1 fully saturated rings. The van der Waals surface area contributed by atoms with Crippen LogP contribution in [0, 0.1) is 5.82 Å². The molecule has 31 heavy (non-hydrogen) atoms. The number of hydrogen-bond donors (Lipinski definition) is 0. The molecule has 5 heteroatoms. The molecule has 1 atom stereocenters. The number of hydrogen-bond acceptors (Lipinski definition) is 3. The number of aryl methyl sites for hydroxylation is 1. The van der Waals surface area contributed by atoms with Crippen LogP contribution in [-0.2, 0) is 11.2 Å². The Morgan fingerprint density at radius 1 is 1.03 bits per heavy atom. The van der Waals surface area contributed by atoms with Crippen molar-refractivity contribution in [3.8, 4) is 11.1 Å². The standard InChI is InChI=1S/C26H23FN2O2/c27-21-9-4-8-19(16-21)20-12-13-24-22(17-20)28-26(31-24)23-10-5-15-29(23)25(30)14-11-18-6-2-1-3-7-18/h1-4,6-9,12-13,16-17,23H,5,10-11,14-15H2. The van der Waals surface area contributed by atoms with E-state index in [0.29, 0.717) is 17.9 Å². The largest absolute Gasteiger partial charge is 0.438 e. The van der Waals surface area contributed by atoms with Crippen LogP contribution in [0.15, 0.2) is 77.2 Å². The van der Waals surface area contributed by atoms with Crippen LogP contribution in [0.4, 0.5) is 4.39 Å². The first-order valence-electron chi connectivity index (χ1n) is 10.7. The quantitative estimate of drug-likeness (QED) is 0.407. The summed E-state index contributed by atoms with van der Waals surface area (Å²) in [6, 6.07) is 22.1. The Bertz CT molecular complexity index is 1220. The van der Waals surface area contributed by atoms with E-state index >= 15 is 0 Å². The third-order valence-electron chi connectivity index (χ3n) is 5.89. The van der Waals surface area contributed by atoms with Crippen molar-refractivity contribution >= 4 is 17.0 Å². The van der Waals surface area contributed by atoms with Crippen LogP contribution in [0.3, 0.4) is 0 Å². The molecule has 156 valence electrons. The molecule has 2 heterocycles. The molecule has 4 aromatic rings. The van der Waals surface area contributed by atoms with Crippen molar-refractivity contribution in [3.05, 3.63) is 90.1 Å². The van der Waals surface area contributed by atoms with Crippen molar-refractivity contribution in [1.82, 2.24) is 9.88 Å². The molecule has 4 nitrogen and oxygen atoms in total. The molecule has 0 radical (unpaired) electrons. The van der Waals surface area contributed by atoms with E-state index in [1.807, 2.05) is 59.5 Å². The first kappa shape index (κ1) is 19.5. The average molecular weight is 414 g/mol. The van der Waals surface area contributed by atoms with Gasteiger partial charge >= 0.3 is 0 Å². The topological polar surface area (TPSA) is 46.3 Å². The molecule has 0 saturated carbocycles. The molecule has 1 amide bonds. The maximum Gasteiger partial charge on any atom is 0.223 e. The van der Waals surface area contributed by atoms with Gasteiger partial charge in [0.05, 0.1) is 0 Å². The van der Waals surface area contributed by atoms with Crippen molar-refractivity contribution in [3.63, 3.8) is 0 Å². The SMILES string of the molecule is O=C(CCc1ccccc1)N1CCCC1c1nc2cc(-c3cccc(F)c3)ccc2o1. The molecule has 5 rings (SSSR count). The van der Waals surface area contributed by atoms with Crippen molar-refractivity contribution in [1.29, 1.82) is 0 Å². The van der Waals surface area contributed by atoms with Crippen LogP contribution in [-0.4, -0.2) is 22.3 Å². The highest BCUT2D eigenvalue weighted by Gasteiger charge is 2.33. The molecular weight excluding hydrogens is 391 g/mol. The minimum Gasteiger partial charge on any atom is -0.438 e. The number of carbonyl (C=O) groups is 1. The van der Waals surface area contributed by atoms with Gasteiger partial charge in [0.25, 0.3) is 0 Å². The highest BCUT2D eigenvalue weighted by Crippen LogP contribution is 2.35. The summed E-state index contributed by atoms with van der Waals surface area (Å²) in [4.78, 5) is 19.5. The normalized spacial score (nSPS) is 16.2. The summed E-state index contributed by atoms with van der Waals surface area (Å²) in [6.07, 6.45) is 2.99. The van der Waals surface area contributed by atoms with Gasteiger partial charge in [-0.2, -0.15) is 0 Å². The third-order valence-corrected chi connectivity index (χ3v) is 5.89. The number of benzene rings is 3. The number of oxazole rings is 1. The number of halogens is 1. The maximum atomic E-state index is 13.6. The second-order valence-electron chi connectivity index (χ2n) is 7.98. The summed E-state index contributed by atoms with van der Waals surface area (Å²) < 4.78 is 19.6. The molecule has 1 aromatic heterocycles. The molecule has 1 aliphatic heterocycles. The van der Waals surface area contributed by atoms with E-state index in [-0.39, 0.29) is 17.8 Å². The number of carbonyl (C=O) groups excluding carboxylic acids is 1. The van der Waals surface area contributed by atoms with Gasteiger partial charge < -0.3 is 9.32 Å². The number of fused-ring (bicyclic) bond motifs is 1. The molecule has 1 unspecified atom stereocenters. The number of likely N-dealkylation sites (tertiary alicyclic amines) is 1. The molecule has 1 aliphatic rings. The minimum absolute atomic E-state index is 0.131. The van der Waals surface area contributed by atoms with Gasteiger partial charge in [-0.3, -0.25) is 4.79 Å². The average Bonchev–Trinajstić information content (AvgIpc) is 3.44. The van der Waals surface area contributed by atoms with Gasteiger partial charge in [-0.25, -0.2) is 9.37 Å². The highest BCUT2D eigenvalue weighted by molar-refractivity contribution is 5.81. The van der Waals surface area contributed by atoms with Crippen LogP contribution in [0.1, 0.15) is 36.8 Å². The third kappa shape index (κ3) is 4.08. The van der Waals surface area contributed by atoms with E-state index in [2.05, 4.69) is 0 Å². The highest BCUT2D eigenvalue weighted by atomic mass is 19.1. The predicted octanol–water partition coefficient (Wildman–Crippen LogP) is 5.93. The van der Waals surface area contributed by atoms with Gasteiger partial charge in [0.2, 0.25) is 11.8 Å². The fraction of sp³-hybridized carbons (Fsp3) is 0.231. The van der Waals surface area contributed by atoms with Crippen LogP contribution >= 0.6 is 0 Å². The lowest BCUT2D eigenvalue weighted by molar-refractivity contribution is -0.132. The van der Waals surface area contributed by atoms with E-state index in [4.69, 9.17) is 9.40 Å². The van der Waals surface area contributed by atoms with Gasteiger partial charge in [-0.05, 0) is 60.2 Å². The molecule has 3 aromatic carbocycles. The Hall–Kier alpha value is -3.47. The van der Waals surface area contributed by atoms with Crippen LogP contribution in [0.5, 0.6) is 0 Å². The van der Waals surface area contributed by atoms with Crippen LogP contribution in [0.25, 0.3) is 22.2 Å². The van der Waals surface area contributed by atoms with Crippen LogP contribution < -0.4 is 0 Å². The van der Waals surface area contributed by atoms with E-state index in [0.717, 1.165) is 42.5 Å². The van der Waals surface area contributed by atoms with Crippen molar-refractivity contribution in [2.24, 2.45) is 0 Å². The van der Waals surface area contributed by atoms with E-state index in [9.17, 15) is 9.18 Å². The summed E-state index contributed by atoms with van der Waals surface area (Å²) in [6.45, 7) is 0.728. The number of aromatic nitrogens is 1. The zero-order valence-electron chi connectivity index (χ0n) is 17.1. The summed E-state index contributed by atoms with van der Waals surface area (Å²) in [5.74, 6) is 0.445. The van der Waals surface area contributed by atoms with Gasteiger partial charge in [0, 0.05) is 13.0 Å². The van der Waals surface area contributed by atoms with Crippen LogP contribution in [0.2, 0.25) is 0 Å². The van der Waals surface area contributed by atoms with E-state index in [1.54, 1.807) is 6.07 Å². The lowest BCUT2D eigenvalue weighted by atomic mass is 10.1. The predicted molar refractivity (Wildman–Crippen MR) is 118 cm³/mol. The first-order chi connectivity index (χ1) is 15.2. The molecule has 1 saturated heterocycles. The Morgan fingerprint density at radius 2 is 1.87 bits per heavy atom. The number of amides is 1. The smallest absolute Gasteiger partial charge is 0.223 e. The number of nitrogens with zero attached hydrogens (tertiary/aromatic N) is 2. The summed E-state index contributed by atoms with van der Waals surface area (Å²) in [7, 11) is 0.